The average molecular weight is 337 g/mol. The van der Waals surface area contributed by atoms with Gasteiger partial charge in [-0.1, -0.05) is 55.4 Å². The maximum atomic E-state index is 2.26. The van der Waals surface area contributed by atoms with Gasteiger partial charge in [0, 0.05) is 9.75 Å². The van der Waals surface area contributed by atoms with Gasteiger partial charge in [0.25, 0.3) is 0 Å². The second kappa shape index (κ2) is 8.88. The molecule has 22 heavy (non-hydrogen) atoms. The molecule has 0 saturated carbocycles. The minimum Gasteiger partial charge on any atom is -0.148 e. The van der Waals surface area contributed by atoms with E-state index in [0.717, 1.165) is 0 Å². The summed E-state index contributed by atoms with van der Waals surface area (Å²) < 4.78 is 0. The second-order valence-corrected chi connectivity index (χ2v) is 8.99. The zero-order valence-corrected chi connectivity index (χ0v) is 17.1. The highest BCUT2D eigenvalue weighted by Gasteiger charge is 2.10. The molecule has 2 aromatic rings. The van der Waals surface area contributed by atoms with Crippen LogP contribution in [-0.2, 0) is 0 Å². The molecule has 2 rings (SSSR count). The van der Waals surface area contributed by atoms with Crippen LogP contribution in [0.4, 0.5) is 0 Å². The van der Waals surface area contributed by atoms with Gasteiger partial charge in [-0.25, -0.2) is 0 Å². The highest BCUT2D eigenvalue weighted by molar-refractivity contribution is 7.10. The lowest BCUT2D eigenvalue weighted by Crippen LogP contribution is -1.91. The molecular weight excluding hydrogens is 304 g/mol. The summed E-state index contributed by atoms with van der Waals surface area (Å²) in [6.45, 7) is 18.1. The highest BCUT2D eigenvalue weighted by Crippen LogP contribution is 2.31. The van der Waals surface area contributed by atoms with Crippen LogP contribution in [0, 0.1) is 0 Å². The van der Waals surface area contributed by atoms with E-state index in [0.29, 0.717) is 23.7 Å². The van der Waals surface area contributed by atoms with E-state index < -0.39 is 0 Å². The van der Waals surface area contributed by atoms with E-state index in [-0.39, 0.29) is 0 Å². The molecule has 0 nitrogen and oxygen atoms in total. The van der Waals surface area contributed by atoms with Gasteiger partial charge >= 0.3 is 0 Å². The summed E-state index contributed by atoms with van der Waals surface area (Å²) in [6.07, 6.45) is 0. The number of hydrogen-bond acceptors (Lipinski definition) is 2. The summed E-state index contributed by atoms with van der Waals surface area (Å²) in [5.74, 6) is 2.73. The maximum Gasteiger partial charge on any atom is 0.0105 e. The smallest absolute Gasteiger partial charge is 0.0105 e. The Hall–Kier alpha value is -0.600. The standard InChI is InChI=1S/2C10H16S/c2*1-7(2)9-5-6-11-10(9)8(3)4/h2*5-8H,1-4H3. The Labute approximate surface area is 145 Å². The van der Waals surface area contributed by atoms with E-state index in [1.165, 1.54) is 11.1 Å². The van der Waals surface area contributed by atoms with Gasteiger partial charge < -0.3 is 0 Å². The average Bonchev–Trinajstić information content (AvgIpc) is 3.08. The summed E-state index contributed by atoms with van der Waals surface area (Å²) >= 11 is 3.77. The molecule has 2 heterocycles. The Morgan fingerprint density at radius 1 is 0.545 bits per heavy atom. The minimum absolute atomic E-state index is 0.679. The van der Waals surface area contributed by atoms with Crippen LogP contribution in [0.3, 0.4) is 0 Å². The largest absolute Gasteiger partial charge is 0.148 e. The van der Waals surface area contributed by atoms with E-state index in [2.05, 4.69) is 78.3 Å². The van der Waals surface area contributed by atoms with E-state index in [1.807, 2.05) is 22.7 Å². The monoisotopic (exact) mass is 336 g/mol. The van der Waals surface area contributed by atoms with Crippen LogP contribution >= 0.6 is 22.7 Å². The number of thiophene rings is 2. The first-order valence-corrected chi connectivity index (χ1v) is 10.2. The molecule has 0 bridgehead atoms. The fraction of sp³-hybridized carbons (Fsp3) is 0.600. The molecular formula is C20H32S2. The van der Waals surface area contributed by atoms with Crippen molar-refractivity contribution in [2.24, 2.45) is 0 Å². The van der Waals surface area contributed by atoms with Crippen molar-refractivity contribution in [1.29, 1.82) is 0 Å². The maximum absolute atomic E-state index is 2.26. The molecule has 0 spiro atoms. The molecule has 0 aliphatic carbocycles. The van der Waals surface area contributed by atoms with Crippen LogP contribution in [-0.4, -0.2) is 0 Å². The quantitative estimate of drug-likeness (QED) is 0.530. The molecule has 0 aliphatic heterocycles. The first-order chi connectivity index (χ1) is 10.3. The molecule has 0 aliphatic rings. The molecule has 0 fully saturated rings. The highest BCUT2D eigenvalue weighted by atomic mass is 32.1. The Morgan fingerprint density at radius 2 is 0.864 bits per heavy atom. The first-order valence-electron chi connectivity index (χ1n) is 8.40. The number of hydrogen-bond donors (Lipinski definition) is 0. The zero-order chi connectivity index (χ0) is 16.9. The molecule has 0 amide bonds. The topological polar surface area (TPSA) is 0 Å². The van der Waals surface area contributed by atoms with Gasteiger partial charge in [0.1, 0.15) is 0 Å². The van der Waals surface area contributed by atoms with Gasteiger partial charge in [0.2, 0.25) is 0 Å². The predicted octanol–water partition coefficient (Wildman–Crippen LogP) is 7.99. The van der Waals surface area contributed by atoms with Gasteiger partial charge in [0.15, 0.2) is 0 Å². The van der Waals surface area contributed by atoms with E-state index in [4.69, 9.17) is 0 Å². The molecule has 0 aromatic carbocycles. The van der Waals surface area contributed by atoms with Crippen molar-refractivity contribution in [3.63, 3.8) is 0 Å². The molecule has 2 aromatic heterocycles. The normalized spacial score (nSPS) is 11.5. The third kappa shape index (κ3) is 5.24. The lowest BCUT2D eigenvalue weighted by molar-refractivity contribution is 0.810. The van der Waals surface area contributed by atoms with Gasteiger partial charge in [-0.15, -0.1) is 22.7 Å². The van der Waals surface area contributed by atoms with Crippen LogP contribution in [0.2, 0.25) is 0 Å². The molecule has 0 N–H and O–H groups in total. The third-order valence-electron chi connectivity index (χ3n) is 3.75. The van der Waals surface area contributed by atoms with Crippen LogP contribution in [0.1, 0.15) is 99.9 Å². The molecule has 0 atom stereocenters. The molecule has 0 unspecified atom stereocenters. The fourth-order valence-corrected chi connectivity index (χ4v) is 4.70. The lowest BCUT2D eigenvalue weighted by Gasteiger charge is -2.08. The minimum atomic E-state index is 0.679. The van der Waals surface area contributed by atoms with Crippen molar-refractivity contribution in [2.45, 2.75) is 79.1 Å². The van der Waals surface area contributed by atoms with Crippen molar-refractivity contribution in [2.75, 3.05) is 0 Å². The molecule has 0 radical (unpaired) electrons. The summed E-state index contributed by atoms with van der Waals surface area (Å²) in [5, 5.41) is 4.40. The first kappa shape index (κ1) is 19.4. The fourth-order valence-electron chi connectivity index (χ4n) is 2.55. The van der Waals surface area contributed by atoms with Gasteiger partial charge in [-0.05, 0) is 57.7 Å². The van der Waals surface area contributed by atoms with E-state index in [9.17, 15) is 0 Å². The van der Waals surface area contributed by atoms with Crippen molar-refractivity contribution < 1.29 is 0 Å². The lowest BCUT2D eigenvalue weighted by atomic mass is 9.99. The molecule has 124 valence electrons. The van der Waals surface area contributed by atoms with Crippen LogP contribution in [0.5, 0.6) is 0 Å². The van der Waals surface area contributed by atoms with Gasteiger partial charge in [-0.2, -0.15) is 0 Å². The van der Waals surface area contributed by atoms with Crippen LogP contribution < -0.4 is 0 Å². The Kier molecular flexibility index (Phi) is 7.85. The molecule has 0 saturated heterocycles. The molecule has 2 heteroatoms. The Morgan fingerprint density at radius 3 is 1.05 bits per heavy atom. The summed E-state index contributed by atoms with van der Waals surface area (Å²) in [4.78, 5) is 3.11. The van der Waals surface area contributed by atoms with Crippen molar-refractivity contribution in [3.8, 4) is 0 Å². The van der Waals surface area contributed by atoms with Crippen LogP contribution in [0.25, 0.3) is 0 Å². The summed E-state index contributed by atoms with van der Waals surface area (Å²) in [7, 11) is 0. The van der Waals surface area contributed by atoms with Gasteiger partial charge in [-0.3, -0.25) is 0 Å². The van der Waals surface area contributed by atoms with Gasteiger partial charge in [0.05, 0.1) is 0 Å². The van der Waals surface area contributed by atoms with Crippen molar-refractivity contribution in [3.05, 3.63) is 43.8 Å². The number of rotatable bonds is 4. The summed E-state index contributed by atoms with van der Waals surface area (Å²) in [5.41, 5.74) is 3.06. The van der Waals surface area contributed by atoms with Crippen LogP contribution in [0.15, 0.2) is 22.9 Å². The third-order valence-corrected chi connectivity index (χ3v) is 6.21. The SMILES string of the molecule is CC(C)c1ccsc1C(C)C.CC(C)c1ccsc1C(C)C. The van der Waals surface area contributed by atoms with E-state index in [1.54, 1.807) is 9.75 Å². The van der Waals surface area contributed by atoms with E-state index >= 15 is 0 Å². The Bertz CT molecular complexity index is 446. The van der Waals surface area contributed by atoms with Crippen molar-refractivity contribution in [1.82, 2.24) is 0 Å². The second-order valence-electron chi connectivity index (χ2n) is 7.10. The Balaban J connectivity index is 0.000000220. The summed E-state index contributed by atoms with van der Waals surface area (Å²) in [6, 6.07) is 4.51. The zero-order valence-electron chi connectivity index (χ0n) is 15.4. The van der Waals surface area contributed by atoms with Crippen molar-refractivity contribution >= 4 is 22.7 Å². The predicted molar refractivity (Wildman–Crippen MR) is 105 cm³/mol.